The average Bonchev–Trinajstić information content (AvgIpc) is 2.61. The van der Waals surface area contributed by atoms with Gasteiger partial charge in [-0.15, -0.1) is 0 Å². The fourth-order valence-corrected chi connectivity index (χ4v) is 2.15. The SMILES string of the molecule is CCCNC(=S)Oc1cccc(C(=O)Nc2ccc(OC)cc2)c1. The van der Waals surface area contributed by atoms with Crippen molar-refractivity contribution in [1.29, 1.82) is 0 Å². The van der Waals surface area contributed by atoms with Crippen molar-refractivity contribution in [2.45, 2.75) is 13.3 Å². The summed E-state index contributed by atoms with van der Waals surface area (Å²) in [6.45, 7) is 2.79. The van der Waals surface area contributed by atoms with E-state index in [1.54, 1.807) is 55.6 Å². The van der Waals surface area contributed by atoms with Crippen LogP contribution in [0.2, 0.25) is 0 Å². The molecule has 5 nitrogen and oxygen atoms in total. The van der Waals surface area contributed by atoms with Gasteiger partial charge in [-0.3, -0.25) is 4.79 Å². The van der Waals surface area contributed by atoms with E-state index < -0.39 is 0 Å². The van der Waals surface area contributed by atoms with Gasteiger partial charge in [0.15, 0.2) is 0 Å². The number of carbonyl (C=O) groups excluding carboxylic acids is 1. The summed E-state index contributed by atoms with van der Waals surface area (Å²) in [7, 11) is 1.60. The van der Waals surface area contributed by atoms with Gasteiger partial charge in [0.1, 0.15) is 11.5 Å². The van der Waals surface area contributed by atoms with Gasteiger partial charge in [0.2, 0.25) is 0 Å². The molecule has 0 aliphatic heterocycles. The van der Waals surface area contributed by atoms with E-state index in [1.807, 2.05) is 6.92 Å². The number of rotatable bonds is 6. The third-order valence-corrected chi connectivity index (χ3v) is 3.40. The van der Waals surface area contributed by atoms with Gasteiger partial charge in [0, 0.05) is 17.8 Å². The Morgan fingerprint density at radius 2 is 1.88 bits per heavy atom. The molecule has 0 aliphatic carbocycles. The number of anilines is 1. The molecule has 0 atom stereocenters. The van der Waals surface area contributed by atoms with E-state index in [0.29, 0.717) is 22.2 Å². The van der Waals surface area contributed by atoms with Crippen molar-refractivity contribution in [3.8, 4) is 11.5 Å². The number of ether oxygens (including phenoxy) is 2. The lowest BCUT2D eigenvalue weighted by Crippen LogP contribution is -2.27. The minimum absolute atomic E-state index is 0.224. The van der Waals surface area contributed by atoms with Gasteiger partial charge >= 0.3 is 0 Å². The van der Waals surface area contributed by atoms with E-state index in [1.165, 1.54) is 0 Å². The first kappa shape index (κ1) is 17.7. The second-order valence-electron chi connectivity index (χ2n) is 5.03. The molecule has 2 N–H and O–H groups in total. The molecule has 126 valence electrons. The topological polar surface area (TPSA) is 59.6 Å². The third-order valence-electron chi connectivity index (χ3n) is 3.17. The van der Waals surface area contributed by atoms with Gasteiger partial charge in [-0.25, -0.2) is 0 Å². The maximum absolute atomic E-state index is 12.3. The number of methoxy groups -OCH3 is 1. The number of hydrogen-bond acceptors (Lipinski definition) is 4. The standard InChI is InChI=1S/C18H20N2O3S/c1-3-11-19-18(24)23-16-6-4-5-13(12-16)17(21)20-14-7-9-15(22-2)10-8-14/h4-10,12H,3,11H2,1-2H3,(H,19,24)(H,20,21). The summed E-state index contributed by atoms with van der Waals surface area (Å²) in [4.78, 5) is 12.3. The number of thiocarbonyl (C=S) groups is 1. The van der Waals surface area contributed by atoms with Crippen LogP contribution in [0.15, 0.2) is 48.5 Å². The van der Waals surface area contributed by atoms with Crippen molar-refractivity contribution in [2.24, 2.45) is 0 Å². The maximum atomic E-state index is 12.3. The van der Waals surface area contributed by atoms with Crippen LogP contribution in [0.3, 0.4) is 0 Å². The summed E-state index contributed by atoms with van der Waals surface area (Å²) in [5.74, 6) is 1.03. The van der Waals surface area contributed by atoms with Crippen molar-refractivity contribution >= 4 is 29.0 Å². The molecule has 0 saturated carbocycles. The molecule has 2 aromatic rings. The van der Waals surface area contributed by atoms with E-state index in [2.05, 4.69) is 10.6 Å². The van der Waals surface area contributed by atoms with Gasteiger partial charge in [-0.2, -0.15) is 0 Å². The summed E-state index contributed by atoms with van der Waals surface area (Å²) < 4.78 is 10.6. The summed E-state index contributed by atoms with van der Waals surface area (Å²) in [6.07, 6.45) is 0.952. The molecule has 0 radical (unpaired) electrons. The zero-order valence-electron chi connectivity index (χ0n) is 13.7. The summed E-state index contributed by atoms with van der Waals surface area (Å²) in [6, 6.07) is 14.0. The number of nitrogens with one attached hydrogen (secondary N) is 2. The first-order valence-corrected chi connectivity index (χ1v) is 8.04. The fourth-order valence-electron chi connectivity index (χ4n) is 1.95. The molecule has 24 heavy (non-hydrogen) atoms. The summed E-state index contributed by atoms with van der Waals surface area (Å²) in [5.41, 5.74) is 1.17. The number of benzene rings is 2. The molecule has 0 aromatic heterocycles. The van der Waals surface area contributed by atoms with Gasteiger partial charge in [0.25, 0.3) is 11.1 Å². The van der Waals surface area contributed by atoms with Crippen molar-refractivity contribution in [1.82, 2.24) is 5.32 Å². The Morgan fingerprint density at radius 1 is 1.12 bits per heavy atom. The highest BCUT2D eigenvalue weighted by atomic mass is 32.1. The fraction of sp³-hybridized carbons (Fsp3) is 0.222. The lowest BCUT2D eigenvalue weighted by molar-refractivity contribution is 0.102. The quantitative estimate of drug-likeness (QED) is 0.784. The highest BCUT2D eigenvalue weighted by molar-refractivity contribution is 7.80. The van der Waals surface area contributed by atoms with Gasteiger partial charge in [-0.05, 0) is 61.1 Å². The van der Waals surface area contributed by atoms with E-state index in [4.69, 9.17) is 21.7 Å². The number of carbonyl (C=O) groups is 1. The molecule has 2 rings (SSSR count). The predicted molar refractivity (Wildman–Crippen MR) is 98.9 cm³/mol. The summed E-state index contributed by atoms with van der Waals surface area (Å²) in [5, 5.41) is 6.10. The van der Waals surface area contributed by atoms with Crippen molar-refractivity contribution in [2.75, 3.05) is 19.0 Å². The average molecular weight is 344 g/mol. The van der Waals surface area contributed by atoms with Crippen LogP contribution < -0.4 is 20.1 Å². The summed E-state index contributed by atoms with van der Waals surface area (Å²) >= 11 is 5.09. The largest absolute Gasteiger partial charge is 0.497 e. The van der Waals surface area contributed by atoms with Crippen LogP contribution in [0.1, 0.15) is 23.7 Å². The molecule has 0 bridgehead atoms. The minimum Gasteiger partial charge on any atom is -0.497 e. The molecule has 0 heterocycles. The number of hydrogen-bond donors (Lipinski definition) is 2. The minimum atomic E-state index is -0.224. The van der Waals surface area contributed by atoms with E-state index in [-0.39, 0.29) is 5.91 Å². The molecular formula is C18H20N2O3S. The van der Waals surface area contributed by atoms with Crippen LogP contribution in [0.5, 0.6) is 11.5 Å². The van der Waals surface area contributed by atoms with Crippen molar-refractivity contribution < 1.29 is 14.3 Å². The molecule has 0 unspecified atom stereocenters. The smallest absolute Gasteiger partial charge is 0.262 e. The highest BCUT2D eigenvalue weighted by Crippen LogP contribution is 2.18. The van der Waals surface area contributed by atoms with Crippen LogP contribution in [-0.4, -0.2) is 24.7 Å². The first-order chi connectivity index (χ1) is 11.6. The van der Waals surface area contributed by atoms with Crippen LogP contribution in [0.25, 0.3) is 0 Å². The normalized spacial score (nSPS) is 9.92. The zero-order valence-corrected chi connectivity index (χ0v) is 14.5. The van der Waals surface area contributed by atoms with Crippen LogP contribution in [-0.2, 0) is 0 Å². The molecule has 0 spiro atoms. The molecule has 0 fully saturated rings. The van der Waals surface area contributed by atoms with Gasteiger partial charge in [0.05, 0.1) is 7.11 Å². The Labute approximate surface area is 147 Å². The van der Waals surface area contributed by atoms with E-state index in [9.17, 15) is 4.79 Å². The Kier molecular flexibility index (Phi) is 6.57. The Bertz CT molecular complexity index is 702. The second kappa shape index (κ2) is 8.88. The second-order valence-corrected chi connectivity index (χ2v) is 5.40. The Balaban J connectivity index is 2.01. The molecule has 0 aliphatic rings. The molecule has 1 amide bonds. The zero-order chi connectivity index (χ0) is 17.4. The molecular weight excluding hydrogens is 324 g/mol. The molecule has 2 aromatic carbocycles. The van der Waals surface area contributed by atoms with Gasteiger partial charge < -0.3 is 20.1 Å². The lowest BCUT2D eigenvalue weighted by atomic mass is 10.2. The predicted octanol–water partition coefficient (Wildman–Crippen LogP) is 3.61. The van der Waals surface area contributed by atoms with E-state index in [0.717, 1.165) is 18.7 Å². The van der Waals surface area contributed by atoms with Crippen molar-refractivity contribution in [3.63, 3.8) is 0 Å². The van der Waals surface area contributed by atoms with Gasteiger partial charge in [-0.1, -0.05) is 13.0 Å². The Hall–Kier alpha value is -2.60. The maximum Gasteiger partial charge on any atom is 0.262 e. The highest BCUT2D eigenvalue weighted by Gasteiger charge is 2.08. The first-order valence-electron chi connectivity index (χ1n) is 7.63. The number of amides is 1. The monoisotopic (exact) mass is 344 g/mol. The third kappa shape index (κ3) is 5.24. The molecule has 6 heteroatoms. The van der Waals surface area contributed by atoms with Crippen LogP contribution >= 0.6 is 12.2 Å². The molecule has 0 saturated heterocycles. The van der Waals surface area contributed by atoms with Crippen LogP contribution in [0.4, 0.5) is 5.69 Å². The van der Waals surface area contributed by atoms with E-state index >= 15 is 0 Å². The van der Waals surface area contributed by atoms with Crippen molar-refractivity contribution in [3.05, 3.63) is 54.1 Å². The Morgan fingerprint density at radius 3 is 2.54 bits per heavy atom. The lowest BCUT2D eigenvalue weighted by Gasteiger charge is -2.10. The van der Waals surface area contributed by atoms with Crippen LogP contribution in [0, 0.1) is 0 Å².